The van der Waals surface area contributed by atoms with E-state index in [0.717, 1.165) is 6.42 Å². The van der Waals surface area contributed by atoms with Crippen LogP contribution in [-0.4, -0.2) is 64.1 Å². The maximum absolute atomic E-state index is 12.8. The van der Waals surface area contributed by atoms with Gasteiger partial charge in [0.15, 0.2) is 0 Å². The number of hydrogen-bond acceptors (Lipinski definition) is 7. The Hall–Kier alpha value is -3.17. The van der Waals surface area contributed by atoms with Crippen molar-refractivity contribution in [1.82, 2.24) is 14.9 Å². The fraction of sp³-hybridized carbons (Fsp3) is 0.300. The molecule has 3 rings (SSSR count). The minimum Gasteiger partial charge on any atom is -0.474 e. The number of nitrogens with zero attached hydrogens (tertiary/aromatic N) is 3. The molecule has 158 valence electrons. The van der Waals surface area contributed by atoms with Crippen molar-refractivity contribution < 1.29 is 19.4 Å². The largest absolute Gasteiger partial charge is 0.474 e. The van der Waals surface area contributed by atoms with E-state index in [1.165, 1.54) is 12.3 Å². The van der Waals surface area contributed by atoms with Crippen molar-refractivity contribution >= 4 is 35.1 Å². The minimum atomic E-state index is -0.308. The molecule has 1 aliphatic heterocycles. The van der Waals surface area contributed by atoms with Crippen LogP contribution in [0.5, 0.6) is 5.88 Å². The predicted octanol–water partition coefficient (Wildman–Crippen LogP) is 1.95. The highest BCUT2D eigenvalue weighted by molar-refractivity contribution is 6.31. The van der Waals surface area contributed by atoms with Gasteiger partial charge in [-0.3, -0.25) is 9.59 Å². The number of anilines is 2. The summed E-state index contributed by atoms with van der Waals surface area (Å²) in [5.74, 6) is 0.133. The smallest absolute Gasteiger partial charge is 0.253 e. The van der Waals surface area contributed by atoms with Gasteiger partial charge >= 0.3 is 0 Å². The van der Waals surface area contributed by atoms with Crippen molar-refractivity contribution in [3.8, 4) is 5.88 Å². The van der Waals surface area contributed by atoms with E-state index in [-0.39, 0.29) is 42.0 Å². The normalized spacial score (nSPS) is 15.5. The summed E-state index contributed by atoms with van der Waals surface area (Å²) in [7, 11) is 0. The summed E-state index contributed by atoms with van der Waals surface area (Å²) >= 11 is 5.99. The van der Waals surface area contributed by atoms with E-state index >= 15 is 0 Å². The van der Waals surface area contributed by atoms with Crippen LogP contribution in [-0.2, 0) is 4.79 Å². The second-order valence-corrected chi connectivity index (χ2v) is 6.98. The molecule has 10 heteroatoms. The maximum Gasteiger partial charge on any atom is 0.253 e. The first kappa shape index (κ1) is 21.5. The van der Waals surface area contributed by atoms with E-state index in [1.54, 1.807) is 29.2 Å². The molecular formula is C20H22ClN5O4. The number of carbonyl (C=O) groups is 2. The molecule has 30 heavy (non-hydrogen) atoms. The molecule has 1 aromatic heterocycles. The summed E-state index contributed by atoms with van der Waals surface area (Å²) in [4.78, 5) is 34.2. The Bertz CT molecular complexity index is 922. The molecule has 3 N–H and O–H groups in total. The van der Waals surface area contributed by atoms with E-state index in [0.29, 0.717) is 30.3 Å². The summed E-state index contributed by atoms with van der Waals surface area (Å²) < 4.78 is 5.28. The Balaban J connectivity index is 1.58. The molecular weight excluding hydrogens is 410 g/mol. The molecule has 1 saturated heterocycles. The molecule has 0 radical (unpaired) electrons. The van der Waals surface area contributed by atoms with Gasteiger partial charge in [0.1, 0.15) is 11.6 Å². The Morgan fingerprint density at radius 3 is 2.83 bits per heavy atom. The number of aliphatic hydroxyl groups is 1. The third kappa shape index (κ3) is 5.46. The third-order valence-electron chi connectivity index (χ3n) is 4.44. The van der Waals surface area contributed by atoms with Crippen LogP contribution in [0.1, 0.15) is 16.8 Å². The molecule has 1 aliphatic rings. The van der Waals surface area contributed by atoms with Gasteiger partial charge in [-0.15, -0.1) is 0 Å². The number of ether oxygens (including phenoxy) is 1. The number of hydrogen-bond donors (Lipinski definition) is 3. The zero-order valence-electron chi connectivity index (χ0n) is 16.2. The molecule has 0 unspecified atom stereocenters. The predicted molar refractivity (Wildman–Crippen MR) is 113 cm³/mol. The number of carbonyl (C=O) groups excluding carboxylic acids is 2. The van der Waals surface area contributed by atoms with Crippen LogP contribution in [0.15, 0.2) is 43.1 Å². The van der Waals surface area contributed by atoms with Gasteiger partial charge in [0.05, 0.1) is 12.8 Å². The zero-order chi connectivity index (χ0) is 21.5. The molecule has 1 fully saturated rings. The van der Waals surface area contributed by atoms with Gasteiger partial charge in [0, 0.05) is 30.4 Å². The summed E-state index contributed by atoms with van der Waals surface area (Å²) in [5.41, 5.74) is 1.13. The number of rotatable bonds is 8. The van der Waals surface area contributed by atoms with Crippen molar-refractivity contribution in [2.24, 2.45) is 0 Å². The zero-order valence-corrected chi connectivity index (χ0v) is 16.9. The summed E-state index contributed by atoms with van der Waals surface area (Å²) in [6.07, 6.45) is 3.34. The molecule has 1 atom stereocenters. The lowest BCUT2D eigenvalue weighted by Crippen LogP contribution is -2.31. The second kappa shape index (κ2) is 10.0. The van der Waals surface area contributed by atoms with Crippen molar-refractivity contribution in [3.63, 3.8) is 0 Å². The summed E-state index contributed by atoms with van der Waals surface area (Å²) in [6, 6.07) is 6.68. The lowest BCUT2D eigenvalue weighted by Gasteiger charge is -2.17. The highest BCUT2D eigenvalue weighted by Gasteiger charge is 2.27. The van der Waals surface area contributed by atoms with E-state index in [2.05, 4.69) is 27.2 Å². The summed E-state index contributed by atoms with van der Waals surface area (Å²) in [5, 5.41) is 15.0. The van der Waals surface area contributed by atoms with Gasteiger partial charge in [0.2, 0.25) is 17.7 Å². The van der Waals surface area contributed by atoms with E-state index in [1.807, 2.05) is 0 Å². The molecule has 0 spiro atoms. The van der Waals surface area contributed by atoms with Crippen LogP contribution in [0.2, 0.25) is 5.02 Å². The first-order valence-electron chi connectivity index (χ1n) is 9.35. The van der Waals surface area contributed by atoms with Crippen molar-refractivity contribution in [3.05, 3.63) is 53.7 Å². The van der Waals surface area contributed by atoms with Crippen molar-refractivity contribution in [2.75, 3.05) is 36.9 Å². The average molecular weight is 432 g/mol. The number of nitrogens with one attached hydrogen (secondary N) is 2. The lowest BCUT2D eigenvalue weighted by molar-refractivity contribution is -0.111. The van der Waals surface area contributed by atoms with Gasteiger partial charge in [-0.2, -0.15) is 4.98 Å². The van der Waals surface area contributed by atoms with Crippen LogP contribution >= 0.6 is 11.6 Å². The van der Waals surface area contributed by atoms with Crippen molar-refractivity contribution in [1.29, 1.82) is 0 Å². The Labute approximate surface area is 178 Å². The quantitative estimate of drug-likeness (QED) is 0.547. The topological polar surface area (TPSA) is 117 Å². The Kier molecular flexibility index (Phi) is 7.21. The molecule has 2 aromatic rings. The molecule has 0 aliphatic carbocycles. The SMILES string of the molecule is C=CC(=O)Nc1ccc(C(=O)N2CC[C@H](Nc3ncc(Cl)c(OCCO)n3)C2)cc1. The number of likely N-dealkylation sites (tertiary alicyclic amines) is 1. The Morgan fingerprint density at radius 2 is 2.13 bits per heavy atom. The standard InChI is InChI=1S/C20H22ClN5O4/c1-2-17(28)23-14-5-3-13(4-6-14)19(29)26-8-7-15(12-26)24-20-22-11-16(21)18(25-20)30-10-9-27/h2-6,11,15,27H,1,7-10,12H2,(H,23,28)(H,22,24,25)/t15-/m0/s1. The third-order valence-corrected chi connectivity index (χ3v) is 4.69. The number of benzene rings is 1. The highest BCUT2D eigenvalue weighted by atomic mass is 35.5. The van der Waals surface area contributed by atoms with Crippen LogP contribution < -0.4 is 15.4 Å². The van der Waals surface area contributed by atoms with Crippen LogP contribution in [0, 0.1) is 0 Å². The number of aromatic nitrogens is 2. The minimum absolute atomic E-state index is 0.0213. The monoisotopic (exact) mass is 431 g/mol. The first-order chi connectivity index (χ1) is 14.5. The van der Waals surface area contributed by atoms with Gasteiger partial charge in [0.25, 0.3) is 5.91 Å². The van der Waals surface area contributed by atoms with Crippen LogP contribution in [0.25, 0.3) is 0 Å². The first-order valence-corrected chi connectivity index (χ1v) is 9.73. The second-order valence-electron chi connectivity index (χ2n) is 6.57. The van der Waals surface area contributed by atoms with Crippen LogP contribution in [0.4, 0.5) is 11.6 Å². The van der Waals surface area contributed by atoms with E-state index in [4.69, 9.17) is 21.4 Å². The fourth-order valence-electron chi connectivity index (χ4n) is 2.98. The fourth-order valence-corrected chi connectivity index (χ4v) is 3.13. The lowest BCUT2D eigenvalue weighted by atomic mass is 10.2. The molecule has 2 amide bonds. The molecule has 0 bridgehead atoms. The maximum atomic E-state index is 12.8. The molecule has 2 heterocycles. The van der Waals surface area contributed by atoms with Gasteiger partial charge in [-0.05, 0) is 36.8 Å². The highest BCUT2D eigenvalue weighted by Crippen LogP contribution is 2.23. The number of aliphatic hydroxyl groups excluding tert-OH is 1. The molecule has 1 aromatic carbocycles. The van der Waals surface area contributed by atoms with E-state index in [9.17, 15) is 9.59 Å². The van der Waals surface area contributed by atoms with Gasteiger partial charge in [-0.1, -0.05) is 18.2 Å². The average Bonchev–Trinajstić information content (AvgIpc) is 3.22. The number of halogens is 1. The Morgan fingerprint density at radius 1 is 1.37 bits per heavy atom. The molecule has 0 saturated carbocycles. The van der Waals surface area contributed by atoms with Crippen molar-refractivity contribution in [2.45, 2.75) is 12.5 Å². The van der Waals surface area contributed by atoms with Gasteiger partial charge in [-0.25, -0.2) is 4.98 Å². The van der Waals surface area contributed by atoms with E-state index < -0.39 is 0 Å². The van der Waals surface area contributed by atoms with Crippen LogP contribution in [0.3, 0.4) is 0 Å². The number of amides is 2. The molecule has 9 nitrogen and oxygen atoms in total. The van der Waals surface area contributed by atoms with Gasteiger partial charge < -0.3 is 25.4 Å². The summed E-state index contributed by atoms with van der Waals surface area (Å²) in [6.45, 7) is 4.42.